The zero-order chi connectivity index (χ0) is 24.8. The van der Waals surface area contributed by atoms with Crippen molar-refractivity contribution in [3.8, 4) is 0 Å². The quantitative estimate of drug-likeness (QED) is 0.105. The van der Waals surface area contributed by atoms with Gasteiger partial charge in [-0.1, -0.05) is 28.8 Å². The Hall–Kier alpha value is -0.590. The monoisotopic (exact) mass is 560 g/mol. The van der Waals surface area contributed by atoms with Crippen molar-refractivity contribution >= 4 is 15.9 Å². The molecule has 0 rings (SSSR count). The maximum Gasteiger partial charge on any atom is 0.527 e. The summed E-state index contributed by atoms with van der Waals surface area (Å²) in [6.07, 6.45) is -31.1. The summed E-state index contributed by atoms with van der Waals surface area (Å²) in [5.41, 5.74) is 0. The topological polar surface area (TPSA) is 36.9 Å². The molecular formula is C13H14BrF13O4. The number of rotatable bonds is 14. The Bertz CT molecular complexity index is 540. The van der Waals surface area contributed by atoms with Crippen LogP contribution in [0.15, 0.2) is 0 Å². The molecule has 0 aromatic heterocycles. The summed E-state index contributed by atoms with van der Waals surface area (Å²) in [6.45, 7) is -2.64. The second kappa shape index (κ2) is 11.0. The Balaban J connectivity index is 5.34. The minimum atomic E-state index is -7.03. The zero-order valence-electron chi connectivity index (χ0n) is 14.9. The molecule has 1 atom stereocenters. The van der Waals surface area contributed by atoms with Gasteiger partial charge in [-0.15, -0.1) is 13.2 Å². The van der Waals surface area contributed by atoms with E-state index in [2.05, 4.69) is 25.4 Å². The minimum absolute atomic E-state index is 0.116. The third-order valence-electron chi connectivity index (χ3n) is 2.90. The van der Waals surface area contributed by atoms with Gasteiger partial charge in [0.2, 0.25) is 0 Å². The summed E-state index contributed by atoms with van der Waals surface area (Å²) in [5.74, 6) is 0. The average Bonchev–Trinajstić information content (AvgIpc) is 2.49. The second-order valence-corrected chi connectivity index (χ2v) is 6.41. The van der Waals surface area contributed by atoms with E-state index in [1.54, 1.807) is 0 Å². The third kappa shape index (κ3) is 10.7. The minimum Gasteiger partial charge on any atom is -0.372 e. The van der Waals surface area contributed by atoms with Gasteiger partial charge in [0.05, 0.1) is 0 Å². The van der Waals surface area contributed by atoms with E-state index < -0.39 is 50.1 Å². The molecule has 0 aliphatic heterocycles. The second-order valence-electron chi connectivity index (χ2n) is 5.61. The summed E-state index contributed by atoms with van der Waals surface area (Å²) < 4.78 is 176. The first-order valence-electron chi connectivity index (χ1n) is 7.88. The fourth-order valence-electron chi connectivity index (χ4n) is 1.63. The molecule has 0 N–H and O–H groups in total. The zero-order valence-corrected chi connectivity index (χ0v) is 16.5. The van der Waals surface area contributed by atoms with Crippen LogP contribution in [-0.2, 0) is 18.9 Å². The first kappa shape index (κ1) is 30.4. The van der Waals surface area contributed by atoms with Gasteiger partial charge in [0.25, 0.3) is 0 Å². The van der Waals surface area contributed by atoms with Crippen LogP contribution in [0.2, 0.25) is 0 Å². The summed E-state index contributed by atoms with van der Waals surface area (Å²) in [4.78, 5) is 0. The van der Waals surface area contributed by atoms with E-state index in [9.17, 15) is 57.1 Å². The van der Waals surface area contributed by atoms with Crippen molar-refractivity contribution in [2.75, 3.05) is 18.5 Å². The standard InChI is InChI=1S/C13H14BrF13O4/c14-5-3-1-2-4-6-28-7-8(15,16)29-11(22,23)12(24,31-13(25,26)27)30-10(20,21)9(17,18)19/h1-7H2. The van der Waals surface area contributed by atoms with Crippen LogP contribution in [0.4, 0.5) is 57.1 Å². The van der Waals surface area contributed by atoms with Gasteiger partial charge < -0.3 is 4.74 Å². The number of hydrogen-bond acceptors (Lipinski definition) is 4. The highest BCUT2D eigenvalue weighted by Gasteiger charge is 2.75. The van der Waals surface area contributed by atoms with E-state index >= 15 is 0 Å². The number of alkyl halides is 14. The van der Waals surface area contributed by atoms with Crippen LogP contribution in [0.3, 0.4) is 0 Å². The summed E-state index contributed by atoms with van der Waals surface area (Å²) in [7, 11) is 0. The van der Waals surface area contributed by atoms with Crippen molar-refractivity contribution in [2.45, 2.75) is 62.6 Å². The highest BCUT2D eigenvalue weighted by Crippen LogP contribution is 2.49. The van der Waals surface area contributed by atoms with Crippen LogP contribution in [0.1, 0.15) is 25.7 Å². The van der Waals surface area contributed by atoms with Crippen molar-refractivity contribution < 1.29 is 76.0 Å². The third-order valence-corrected chi connectivity index (χ3v) is 3.46. The van der Waals surface area contributed by atoms with E-state index in [4.69, 9.17) is 0 Å². The van der Waals surface area contributed by atoms with Crippen molar-refractivity contribution in [3.63, 3.8) is 0 Å². The predicted octanol–water partition coefficient (Wildman–Crippen LogP) is 6.49. The smallest absolute Gasteiger partial charge is 0.372 e. The maximum atomic E-state index is 13.8. The molecule has 0 aliphatic carbocycles. The van der Waals surface area contributed by atoms with E-state index in [1.165, 1.54) is 0 Å². The van der Waals surface area contributed by atoms with Crippen molar-refractivity contribution in [3.05, 3.63) is 0 Å². The molecule has 0 bridgehead atoms. The van der Waals surface area contributed by atoms with Gasteiger partial charge in [0, 0.05) is 11.9 Å². The first-order valence-corrected chi connectivity index (χ1v) is 9.00. The molecule has 188 valence electrons. The number of ether oxygens (including phenoxy) is 4. The van der Waals surface area contributed by atoms with Gasteiger partial charge in [0.1, 0.15) is 6.61 Å². The van der Waals surface area contributed by atoms with Crippen molar-refractivity contribution in [1.82, 2.24) is 0 Å². The molecule has 18 heteroatoms. The fourth-order valence-corrected chi connectivity index (χ4v) is 2.03. The fraction of sp³-hybridized carbons (Fsp3) is 1.00. The van der Waals surface area contributed by atoms with Crippen LogP contribution in [-0.4, -0.2) is 55.4 Å². The molecule has 0 saturated heterocycles. The first-order chi connectivity index (χ1) is 13.7. The molecule has 0 amide bonds. The summed E-state index contributed by atoms with van der Waals surface area (Å²) >= 11 is 3.10. The SMILES string of the molecule is FC(F)(F)OC(F)(OC(F)(F)C(F)(F)F)C(F)(F)OC(F)(F)COCCCCCCBr. The van der Waals surface area contributed by atoms with Crippen LogP contribution in [0.25, 0.3) is 0 Å². The Morgan fingerprint density at radius 3 is 1.55 bits per heavy atom. The Labute approximate surface area is 174 Å². The molecule has 0 aliphatic rings. The summed E-state index contributed by atoms with van der Waals surface area (Å²) in [6, 6.07) is -6.87. The number of halogens is 14. The van der Waals surface area contributed by atoms with Crippen molar-refractivity contribution in [2.24, 2.45) is 0 Å². The largest absolute Gasteiger partial charge is 0.527 e. The molecule has 0 aromatic carbocycles. The predicted molar refractivity (Wildman–Crippen MR) is 77.1 cm³/mol. The molecule has 0 heterocycles. The van der Waals surface area contributed by atoms with E-state index in [1.807, 2.05) is 9.47 Å². The maximum absolute atomic E-state index is 13.8. The van der Waals surface area contributed by atoms with Crippen LogP contribution < -0.4 is 0 Å². The molecule has 0 spiro atoms. The molecule has 0 aromatic rings. The van der Waals surface area contributed by atoms with Gasteiger partial charge in [-0.25, -0.2) is 14.2 Å². The molecule has 0 radical (unpaired) electrons. The van der Waals surface area contributed by atoms with Gasteiger partial charge in [0.15, 0.2) is 0 Å². The van der Waals surface area contributed by atoms with E-state index in [0.29, 0.717) is 24.6 Å². The lowest BCUT2D eigenvalue weighted by Crippen LogP contribution is -2.60. The molecule has 0 fully saturated rings. The lowest BCUT2D eigenvalue weighted by molar-refractivity contribution is -0.594. The number of hydrogen-bond donors (Lipinski definition) is 0. The lowest BCUT2D eigenvalue weighted by Gasteiger charge is -2.36. The molecule has 31 heavy (non-hydrogen) atoms. The highest BCUT2D eigenvalue weighted by molar-refractivity contribution is 9.09. The van der Waals surface area contributed by atoms with Gasteiger partial charge >= 0.3 is 36.9 Å². The van der Waals surface area contributed by atoms with E-state index in [-0.39, 0.29) is 6.42 Å². The van der Waals surface area contributed by atoms with Gasteiger partial charge in [-0.05, 0) is 12.8 Å². The van der Waals surface area contributed by atoms with Crippen LogP contribution in [0.5, 0.6) is 0 Å². The Morgan fingerprint density at radius 1 is 0.581 bits per heavy atom. The van der Waals surface area contributed by atoms with Gasteiger partial charge in [-0.2, -0.15) is 43.9 Å². The molecule has 4 nitrogen and oxygen atoms in total. The molecule has 0 saturated carbocycles. The van der Waals surface area contributed by atoms with Crippen LogP contribution in [0, 0.1) is 0 Å². The highest BCUT2D eigenvalue weighted by atomic mass is 79.9. The summed E-state index contributed by atoms with van der Waals surface area (Å²) in [5, 5.41) is 0.634. The lowest BCUT2D eigenvalue weighted by atomic mass is 10.2. The molecular weight excluding hydrogens is 547 g/mol. The average molecular weight is 561 g/mol. The van der Waals surface area contributed by atoms with Crippen LogP contribution >= 0.6 is 15.9 Å². The molecule has 1 unspecified atom stereocenters. The normalized spacial score (nSPS) is 16.5. The van der Waals surface area contributed by atoms with Gasteiger partial charge in [-0.3, -0.25) is 0 Å². The Morgan fingerprint density at radius 2 is 1.10 bits per heavy atom. The Kier molecular flexibility index (Phi) is 10.8. The van der Waals surface area contributed by atoms with Crippen molar-refractivity contribution in [1.29, 1.82) is 0 Å². The number of unbranched alkanes of at least 4 members (excludes halogenated alkanes) is 3. The van der Waals surface area contributed by atoms with E-state index in [0.717, 1.165) is 0 Å².